The summed E-state index contributed by atoms with van der Waals surface area (Å²) >= 11 is 1.52. The van der Waals surface area contributed by atoms with Gasteiger partial charge in [-0.2, -0.15) is 13.2 Å². The number of hydrogen-bond acceptors (Lipinski definition) is 2. The van der Waals surface area contributed by atoms with Gasteiger partial charge < -0.3 is 5.73 Å². The van der Waals surface area contributed by atoms with E-state index in [-0.39, 0.29) is 6.04 Å². The van der Waals surface area contributed by atoms with Crippen molar-refractivity contribution in [2.24, 2.45) is 5.73 Å². The van der Waals surface area contributed by atoms with Crippen molar-refractivity contribution in [2.75, 3.05) is 0 Å². The third-order valence-corrected chi connectivity index (χ3v) is 3.75. The summed E-state index contributed by atoms with van der Waals surface area (Å²) in [6.07, 6.45) is -4.29. The summed E-state index contributed by atoms with van der Waals surface area (Å²) in [6.45, 7) is 1.88. The second kappa shape index (κ2) is 4.74. The van der Waals surface area contributed by atoms with Gasteiger partial charge in [0.25, 0.3) is 0 Å². The minimum atomic E-state index is -4.29. The minimum absolute atomic E-state index is 0.0572. The van der Waals surface area contributed by atoms with Gasteiger partial charge >= 0.3 is 6.18 Å². The molecule has 0 aliphatic heterocycles. The van der Waals surface area contributed by atoms with Gasteiger partial charge in [-0.05, 0) is 41.6 Å². The first-order valence-electron chi connectivity index (χ1n) is 5.39. The molecular weight excluding hydrogens is 259 g/mol. The third-order valence-electron chi connectivity index (χ3n) is 2.61. The van der Waals surface area contributed by atoms with Crippen molar-refractivity contribution in [3.8, 4) is 11.1 Å². The highest BCUT2D eigenvalue weighted by atomic mass is 32.1. The Morgan fingerprint density at radius 2 is 1.72 bits per heavy atom. The molecule has 2 N–H and O–H groups in total. The Morgan fingerprint density at radius 3 is 2.17 bits per heavy atom. The molecule has 2 aromatic rings. The number of halogens is 3. The van der Waals surface area contributed by atoms with E-state index in [0.717, 1.165) is 28.1 Å². The van der Waals surface area contributed by atoms with Crippen LogP contribution in [0.1, 0.15) is 23.4 Å². The Balaban J connectivity index is 2.29. The van der Waals surface area contributed by atoms with Crippen LogP contribution >= 0.6 is 11.3 Å². The molecule has 2 rings (SSSR count). The normalized spacial score (nSPS) is 13.6. The molecule has 0 aliphatic rings. The maximum atomic E-state index is 12.4. The third kappa shape index (κ3) is 2.73. The van der Waals surface area contributed by atoms with Crippen molar-refractivity contribution >= 4 is 11.3 Å². The molecule has 1 atom stereocenters. The Labute approximate surface area is 107 Å². The van der Waals surface area contributed by atoms with Crippen LogP contribution in [0.4, 0.5) is 13.2 Å². The molecule has 1 nitrogen and oxygen atoms in total. The topological polar surface area (TPSA) is 26.0 Å². The Hall–Kier alpha value is -1.33. The van der Waals surface area contributed by atoms with Gasteiger partial charge in [-0.1, -0.05) is 12.1 Å². The molecule has 0 bridgehead atoms. The van der Waals surface area contributed by atoms with Gasteiger partial charge in [-0.15, -0.1) is 11.3 Å². The molecule has 1 heterocycles. The van der Waals surface area contributed by atoms with E-state index in [2.05, 4.69) is 0 Å². The van der Waals surface area contributed by atoms with Crippen LogP contribution in [0.3, 0.4) is 0 Å². The molecule has 0 fully saturated rings. The molecule has 0 amide bonds. The quantitative estimate of drug-likeness (QED) is 0.857. The number of nitrogens with two attached hydrogens (primary N) is 1. The lowest BCUT2D eigenvalue weighted by atomic mass is 10.1. The molecule has 1 unspecified atom stereocenters. The molecule has 0 radical (unpaired) electrons. The van der Waals surface area contributed by atoms with Crippen LogP contribution in [0.25, 0.3) is 11.1 Å². The number of hydrogen-bond donors (Lipinski definition) is 1. The summed E-state index contributed by atoms with van der Waals surface area (Å²) in [6, 6.07) is 7.01. The largest absolute Gasteiger partial charge is 0.416 e. The van der Waals surface area contributed by atoms with Gasteiger partial charge in [0.2, 0.25) is 0 Å². The van der Waals surface area contributed by atoms with E-state index in [1.165, 1.54) is 23.5 Å². The number of rotatable bonds is 2. The van der Waals surface area contributed by atoms with Gasteiger partial charge in [0.05, 0.1) is 5.56 Å². The molecule has 5 heteroatoms. The fourth-order valence-corrected chi connectivity index (χ4v) is 2.47. The first kappa shape index (κ1) is 13.1. The summed E-state index contributed by atoms with van der Waals surface area (Å²) in [4.78, 5) is 1.02. The van der Waals surface area contributed by atoms with Crippen LogP contribution < -0.4 is 5.73 Å². The van der Waals surface area contributed by atoms with Crippen molar-refractivity contribution in [3.63, 3.8) is 0 Å². The Bertz CT molecular complexity index is 526. The number of alkyl halides is 3. The van der Waals surface area contributed by atoms with E-state index < -0.39 is 11.7 Å². The summed E-state index contributed by atoms with van der Waals surface area (Å²) in [5.74, 6) is 0. The SMILES string of the molecule is CC(N)c1cc(-c2ccc(C(F)(F)F)cc2)cs1. The van der Waals surface area contributed by atoms with E-state index in [9.17, 15) is 13.2 Å². The maximum Gasteiger partial charge on any atom is 0.416 e. The van der Waals surface area contributed by atoms with Crippen molar-refractivity contribution in [2.45, 2.75) is 19.1 Å². The minimum Gasteiger partial charge on any atom is -0.324 e. The lowest BCUT2D eigenvalue weighted by Gasteiger charge is -2.06. The van der Waals surface area contributed by atoms with Crippen LogP contribution in [0, 0.1) is 0 Å². The highest BCUT2D eigenvalue weighted by Crippen LogP contribution is 2.32. The number of benzene rings is 1. The lowest BCUT2D eigenvalue weighted by Crippen LogP contribution is -2.04. The fourth-order valence-electron chi connectivity index (χ4n) is 1.59. The standard InChI is InChI=1S/C13H12F3NS/c1-8(17)12-6-10(7-18-12)9-2-4-11(5-3-9)13(14,15)16/h2-8H,17H2,1H3. The van der Waals surface area contributed by atoms with E-state index in [0.29, 0.717) is 0 Å². The maximum absolute atomic E-state index is 12.4. The van der Waals surface area contributed by atoms with Crippen LogP contribution in [-0.4, -0.2) is 0 Å². The van der Waals surface area contributed by atoms with Crippen molar-refractivity contribution < 1.29 is 13.2 Å². The second-order valence-electron chi connectivity index (χ2n) is 4.10. The zero-order chi connectivity index (χ0) is 13.3. The second-order valence-corrected chi connectivity index (χ2v) is 5.04. The predicted molar refractivity (Wildman–Crippen MR) is 67.4 cm³/mol. The summed E-state index contributed by atoms with van der Waals surface area (Å²) in [7, 11) is 0. The average Bonchev–Trinajstić information content (AvgIpc) is 2.77. The molecule has 96 valence electrons. The van der Waals surface area contributed by atoms with Gasteiger partial charge in [-0.25, -0.2) is 0 Å². The summed E-state index contributed by atoms with van der Waals surface area (Å²) < 4.78 is 37.3. The van der Waals surface area contributed by atoms with E-state index in [1.54, 1.807) is 0 Å². The first-order chi connectivity index (χ1) is 8.38. The van der Waals surface area contributed by atoms with Crippen LogP contribution in [0.2, 0.25) is 0 Å². The molecule has 1 aromatic carbocycles. The lowest BCUT2D eigenvalue weighted by molar-refractivity contribution is -0.137. The van der Waals surface area contributed by atoms with E-state index in [4.69, 9.17) is 5.73 Å². The molecule has 0 spiro atoms. The smallest absolute Gasteiger partial charge is 0.324 e. The first-order valence-corrected chi connectivity index (χ1v) is 6.27. The fraction of sp³-hybridized carbons (Fsp3) is 0.231. The van der Waals surface area contributed by atoms with Crippen molar-refractivity contribution in [1.82, 2.24) is 0 Å². The monoisotopic (exact) mass is 271 g/mol. The average molecular weight is 271 g/mol. The van der Waals surface area contributed by atoms with Gasteiger partial charge in [0.1, 0.15) is 0 Å². The van der Waals surface area contributed by atoms with Crippen molar-refractivity contribution in [3.05, 3.63) is 46.2 Å². The molecular formula is C13H12F3NS. The van der Waals surface area contributed by atoms with Crippen molar-refractivity contribution in [1.29, 1.82) is 0 Å². The van der Waals surface area contributed by atoms with Crippen LogP contribution in [0.15, 0.2) is 35.7 Å². The Kier molecular flexibility index (Phi) is 3.45. The highest BCUT2D eigenvalue weighted by molar-refractivity contribution is 7.10. The summed E-state index contributed by atoms with van der Waals surface area (Å²) in [5.41, 5.74) is 6.79. The molecule has 1 aromatic heterocycles. The Morgan fingerprint density at radius 1 is 1.11 bits per heavy atom. The number of thiophene rings is 1. The highest BCUT2D eigenvalue weighted by Gasteiger charge is 2.29. The van der Waals surface area contributed by atoms with Gasteiger partial charge in [0, 0.05) is 10.9 Å². The van der Waals surface area contributed by atoms with Gasteiger partial charge in [-0.3, -0.25) is 0 Å². The summed E-state index contributed by atoms with van der Waals surface area (Å²) in [5, 5.41) is 1.90. The molecule has 0 saturated heterocycles. The van der Waals surface area contributed by atoms with E-state index >= 15 is 0 Å². The van der Waals surface area contributed by atoms with Crippen LogP contribution in [0.5, 0.6) is 0 Å². The molecule has 0 saturated carbocycles. The van der Waals surface area contributed by atoms with E-state index in [1.807, 2.05) is 18.4 Å². The molecule has 0 aliphatic carbocycles. The zero-order valence-corrected chi connectivity index (χ0v) is 10.5. The van der Waals surface area contributed by atoms with Crippen LogP contribution in [-0.2, 0) is 6.18 Å². The molecule has 18 heavy (non-hydrogen) atoms. The predicted octanol–water partition coefficient (Wildman–Crippen LogP) is 4.45. The van der Waals surface area contributed by atoms with Gasteiger partial charge in [0.15, 0.2) is 0 Å². The zero-order valence-electron chi connectivity index (χ0n) is 9.66.